The quantitative estimate of drug-likeness (QED) is 0.591. The monoisotopic (exact) mass is 384 g/mol. The molecule has 110 valence electrons. The van der Waals surface area contributed by atoms with E-state index in [9.17, 15) is 4.79 Å². The predicted molar refractivity (Wildman–Crippen MR) is 94.1 cm³/mol. The number of thioether (sulfide) groups is 1. The van der Waals surface area contributed by atoms with E-state index in [1.54, 1.807) is 6.07 Å². The number of nitrogen functional groups attached to an aromatic ring is 1. The van der Waals surface area contributed by atoms with E-state index < -0.39 is 0 Å². The Morgan fingerprint density at radius 3 is 2.81 bits per heavy atom. The van der Waals surface area contributed by atoms with Crippen molar-refractivity contribution in [3.05, 3.63) is 51.5 Å². The van der Waals surface area contributed by atoms with Gasteiger partial charge < -0.3 is 11.1 Å². The molecule has 0 unspecified atom stereocenters. The largest absolute Gasteiger partial charge is 0.398 e. The summed E-state index contributed by atoms with van der Waals surface area (Å²) in [7, 11) is 0. The summed E-state index contributed by atoms with van der Waals surface area (Å²) in [4.78, 5) is 12.8. The van der Waals surface area contributed by atoms with Crippen LogP contribution >= 0.6 is 39.3 Å². The zero-order chi connectivity index (χ0) is 15.4. The number of benzene rings is 2. The van der Waals surface area contributed by atoms with E-state index in [1.807, 2.05) is 37.3 Å². The van der Waals surface area contributed by atoms with Crippen LogP contribution in [-0.4, -0.2) is 11.7 Å². The van der Waals surface area contributed by atoms with Crippen molar-refractivity contribution >= 4 is 56.6 Å². The van der Waals surface area contributed by atoms with Crippen molar-refractivity contribution in [3.8, 4) is 0 Å². The van der Waals surface area contributed by atoms with Crippen LogP contribution in [0.4, 0.5) is 11.4 Å². The summed E-state index contributed by atoms with van der Waals surface area (Å²) in [6.45, 7) is 1.92. The summed E-state index contributed by atoms with van der Waals surface area (Å²) < 4.78 is 0.935. The molecule has 0 fully saturated rings. The van der Waals surface area contributed by atoms with Crippen LogP contribution in [0.2, 0.25) is 5.02 Å². The van der Waals surface area contributed by atoms with Gasteiger partial charge >= 0.3 is 0 Å². The van der Waals surface area contributed by atoms with Crippen molar-refractivity contribution < 1.29 is 4.79 Å². The highest BCUT2D eigenvalue weighted by atomic mass is 79.9. The lowest BCUT2D eigenvalue weighted by atomic mass is 10.2. The van der Waals surface area contributed by atoms with Crippen LogP contribution in [0, 0.1) is 6.92 Å². The first-order valence-corrected chi connectivity index (χ1v) is 8.35. The zero-order valence-corrected chi connectivity index (χ0v) is 14.5. The summed E-state index contributed by atoms with van der Waals surface area (Å²) in [5.74, 6) is 0.186. The number of nitrogens with two attached hydrogens (primary N) is 1. The van der Waals surface area contributed by atoms with Crippen LogP contribution in [0.3, 0.4) is 0 Å². The number of carbonyl (C=O) groups is 1. The van der Waals surface area contributed by atoms with Gasteiger partial charge in [0.05, 0.1) is 5.75 Å². The Morgan fingerprint density at radius 2 is 2.10 bits per heavy atom. The number of rotatable bonds is 4. The number of amides is 1. The van der Waals surface area contributed by atoms with Gasteiger partial charge in [-0.3, -0.25) is 4.79 Å². The van der Waals surface area contributed by atoms with Crippen LogP contribution in [0.1, 0.15) is 5.56 Å². The highest BCUT2D eigenvalue weighted by Crippen LogP contribution is 2.28. The number of aryl methyl sites for hydroxylation is 1. The molecule has 0 aromatic heterocycles. The first kappa shape index (κ1) is 16.2. The fourth-order valence-electron chi connectivity index (χ4n) is 1.64. The van der Waals surface area contributed by atoms with E-state index in [-0.39, 0.29) is 11.7 Å². The molecule has 6 heteroatoms. The van der Waals surface area contributed by atoms with E-state index in [2.05, 4.69) is 21.2 Å². The maximum absolute atomic E-state index is 12.0. The van der Waals surface area contributed by atoms with Crippen molar-refractivity contribution in [1.29, 1.82) is 0 Å². The molecule has 0 spiro atoms. The smallest absolute Gasteiger partial charge is 0.234 e. The fourth-order valence-corrected chi connectivity index (χ4v) is 3.14. The average Bonchev–Trinajstić information content (AvgIpc) is 2.44. The predicted octanol–water partition coefficient (Wildman–Crippen LogP) is 4.72. The van der Waals surface area contributed by atoms with Crippen molar-refractivity contribution in [2.24, 2.45) is 0 Å². The molecule has 0 atom stereocenters. The molecule has 0 aliphatic carbocycles. The molecule has 21 heavy (non-hydrogen) atoms. The lowest BCUT2D eigenvalue weighted by molar-refractivity contribution is -0.113. The molecule has 0 bridgehead atoms. The van der Waals surface area contributed by atoms with Crippen LogP contribution in [0.15, 0.2) is 45.8 Å². The van der Waals surface area contributed by atoms with Crippen LogP contribution < -0.4 is 11.1 Å². The van der Waals surface area contributed by atoms with Gasteiger partial charge in [-0.2, -0.15) is 0 Å². The molecule has 2 aromatic rings. The Balaban J connectivity index is 1.95. The number of halogens is 2. The molecule has 2 rings (SSSR count). The minimum Gasteiger partial charge on any atom is -0.398 e. The molecule has 3 N–H and O–H groups in total. The van der Waals surface area contributed by atoms with Gasteiger partial charge in [-0.05, 0) is 42.8 Å². The Kier molecular flexibility index (Phi) is 5.56. The fraction of sp³-hybridized carbons (Fsp3) is 0.133. The van der Waals surface area contributed by atoms with Gasteiger partial charge in [0.25, 0.3) is 0 Å². The first-order valence-electron chi connectivity index (χ1n) is 6.19. The Labute approximate surface area is 141 Å². The van der Waals surface area contributed by atoms with Crippen LogP contribution in [0.5, 0.6) is 0 Å². The maximum Gasteiger partial charge on any atom is 0.234 e. The van der Waals surface area contributed by atoms with Gasteiger partial charge in [-0.1, -0.05) is 33.6 Å². The van der Waals surface area contributed by atoms with E-state index >= 15 is 0 Å². The molecule has 2 aromatic carbocycles. The summed E-state index contributed by atoms with van der Waals surface area (Å²) in [6.07, 6.45) is 0. The molecule has 0 heterocycles. The minimum atomic E-state index is -0.0979. The van der Waals surface area contributed by atoms with Crippen molar-refractivity contribution in [2.45, 2.75) is 11.8 Å². The molecule has 1 amide bonds. The molecule has 0 aliphatic rings. The summed E-state index contributed by atoms with van der Waals surface area (Å²) >= 11 is 10.8. The molecule has 0 radical (unpaired) electrons. The van der Waals surface area contributed by atoms with Gasteiger partial charge in [-0.15, -0.1) is 11.8 Å². The van der Waals surface area contributed by atoms with Crippen molar-refractivity contribution in [2.75, 3.05) is 16.8 Å². The SMILES string of the molecule is Cc1ccc(NC(=O)CSc2cc(Br)ccc2N)cc1Cl. The van der Waals surface area contributed by atoms with E-state index in [0.29, 0.717) is 16.4 Å². The van der Waals surface area contributed by atoms with Crippen molar-refractivity contribution in [3.63, 3.8) is 0 Å². The lowest BCUT2D eigenvalue weighted by Gasteiger charge is -2.08. The molecule has 0 aliphatic heterocycles. The second-order valence-corrected chi connectivity index (χ2v) is 6.82. The average molecular weight is 386 g/mol. The molecular weight excluding hydrogens is 372 g/mol. The van der Waals surface area contributed by atoms with Gasteiger partial charge in [-0.25, -0.2) is 0 Å². The summed E-state index contributed by atoms with van der Waals surface area (Å²) in [5, 5.41) is 3.45. The third-order valence-electron chi connectivity index (χ3n) is 2.79. The van der Waals surface area contributed by atoms with Crippen LogP contribution in [-0.2, 0) is 4.79 Å². The van der Waals surface area contributed by atoms with E-state index in [4.69, 9.17) is 17.3 Å². The summed E-state index contributed by atoms with van der Waals surface area (Å²) in [5.41, 5.74) is 8.21. The van der Waals surface area contributed by atoms with Gasteiger partial charge in [0.1, 0.15) is 0 Å². The number of anilines is 2. The number of nitrogens with one attached hydrogen (secondary N) is 1. The van der Waals surface area contributed by atoms with E-state index in [1.165, 1.54) is 11.8 Å². The Hall–Kier alpha value is -1.17. The van der Waals surface area contributed by atoms with E-state index in [0.717, 1.165) is 14.9 Å². The van der Waals surface area contributed by atoms with Crippen LogP contribution in [0.25, 0.3) is 0 Å². The molecule has 0 saturated heterocycles. The molecule has 3 nitrogen and oxygen atoms in total. The molecule has 0 saturated carbocycles. The Morgan fingerprint density at radius 1 is 1.33 bits per heavy atom. The second kappa shape index (κ2) is 7.20. The third kappa shape index (κ3) is 4.66. The standard InChI is InChI=1S/C15H14BrClN2OS/c1-9-2-4-11(7-12(9)17)19-15(20)8-21-14-6-10(16)3-5-13(14)18/h2-7H,8,18H2,1H3,(H,19,20). The van der Waals surface area contributed by atoms with Gasteiger partial charge in [0.2, 0.25) is 5.91 Å². The topological polar surface area (TPSA) is 55.1 Å². The summed E-state index contributed by atoms with van der Waals surface area (Å²) in [6, 6.07) is 11.0. The van der Waals surface area contributed by atoms with Gasteiger partial charge in [0.15, 0.2) is 0 Å². The minimum absolute atomic E-state index is 0.0979. The van der Waals surface area contributed by atoms with Crippen molar-refractivity contribution in [1.82, 2.24) is 0 Å². The number of hydrogen-bond acceptors (Lipinski definition) is 3. The lowest BCUT2D eigenvalue weighted by Crippen LogP contribution is -2.14. The Bertz CT molecular complexity index is 679. The maximum atomic E-state index is 12.0. The molecular formula is C15H14BrClN2OS. The highest BCUT2D eigenvalue weighted by Gasteiger charge is 2.07. The first-order chi connectivity index (χ1) is 9.95. The number of hydrogen-bond donors (Lipinski definition) is 2. The van der Waals surface area contributed by atoms with Gasteiger partial charge in [0, 0.05) is 25.8 Å². The zero-order valence-electron chi connectivity index (χ0n) is 11.3. The normalized spacial score (nSPS) is 10.4. The third-order valence-corrected chi connectivity index (χ3v) is 4.76. The number of carbonyl (C=O) groups excluding carboxylic acids is 1. The highest BCUT2D eigenvalue weighted by molar-refractivity contribution is 9.10. The second-order valence-electron chi connectivity index (χ2n) is 4.48.